The molecule has 1 amide bonds. The molecule has 2 heterocycles. The van der Waals surface area contributed by atoms with Crippen molar-refractivity contribution in [3.05, 3.63) is 16.1 Å². The summed E-state index contributed by atoms with van der Waals surface area (Å²) in [7, 11) is 0. The van der Waals surface area contributed by atoms with E-state index in [1.807, 2.05) is 12.3 Å². The minimum atomic E-state index is 0.0863. The van der Waals surface area contributed by atoms with Gasteiger partial charge in [-0.05, 0) is 32.9 Å². The van der Waals surface area contributed by atoms with Crippen molar-refractivity contribution in [3.8, 4) is 0 Å². The van der Waals surface area contributed by atoms with E-state index in [-0.39, 0.29) is 5.91 Å². The molecule has 0 spiro atoms. The predicted octanol–water partition coefficient (Wildman–Crippen LogP) is 1.59. The summed E-state index contributed by atoms with van der Waals surface area (Å²) in [5.41, 5.74) is 0.883. The number of aromatic nitrogens is 1. The number of aryl methyl sites for hydroxylation is 1. The summed E-state index contributed by atoms with van der Waals surface area (Å²) in [6.45, 7) is 7.16. The van der Waals surface area contributed by atoms with Gasteiger partial charge < -0.3 is 5.32 Å². The Labute approximate surface area is 112 Å². The first-order chi connectivity index (χ1) is 8.69. The van der Waals surface area contributed by atoms with Crippen LogP contribution in [0.1, 0.15) is 30.5 Å². The largest absolute Gasteiger partial charge is 0.354 e. The van der Waals surface area contributed by atoms with E-state index in [9.17, 15) is 4.79 Å². The highest BCUT2D eigenvalue weighted by Gasteiger charge is 2.23. The molecule has 0 unspecified atom stereocenters. The molecule has 1 aliphatic heterocycles. The number of nitrogens with zero attached hydrogens (tertiary/aromatic N) is 2. The van der Waals surface area contributed by atoms with Gasteiger partial charge in [-0.25, -0.2) is 4.98 Å². The van der Waals surface area contributed by atoms with E-state index in [2.05, 4.69) is 22.1 Å². The van der Waals surface area contributed by atoms with Crippen LogP contribution in [-0.2, 0) is 11.2 Å². The van der Waals surface area contributed by atoms with Gasteiger partial charge in [0.05, 0.1) is 17.1 Å². The van der Waals surface area contributed by atoms with Crippen molar-refractivity contribution in [2.75, 3.05) is 19.6 Å². The summed E-state index contributed by atoms with van der Waals surface area (Å²) < 4.78 is 0. The lowest BCUT2D eigenvalue weighted by Crippen LogP contribution is -2.40. The SMILES string of the molecule is CCN1CCC[C@H]1CNC(=O)Cc1csc(C)n1. The summed E-state index contributed by atoms with van der Waals surface area (Å²) in [5.74, 6) is 0.0863. The summed E-state index contributed by atoms with van der Waals surface area (Å²) in [6.07, 6.45) is 2.85. The molecule has 1 aliphatic rings. The first kappa shape index (κ1) is 13.5. The molecule has 1 saturated heterocycles. The molecule has 1 aromatic heterocycles. The number of rotatable bonds is 5. The Hall–Kier alpha value is -0.940. The maximum Gasteiger partial charge on any atom is 0.226 e. The highest BCUT2D eigenvalue weighted by Crippen LogP contribution is 2.15. The second-order valence-electron chi connectivity index (χ2n) is 4.76. The minimum absolute atomic E-state index is 0.0863. The van der Waals surface area contributed by atoms with Gasteiger partial charge in [0.1, 0.15) is 0 Å². The summed E-state index contributed by atoms with van der Waals surface area (Å²) in [4.78, 5) is 18.6. The van der Waals surface area contributed by atoms with Gasteiger partial charge in [-0.2, -0.15) is 0 Å². The summed E-state index contributed by atoms with van der Waals surface area (Å²) in [6, 6.07) is 0.524. The van der Waals surface area contributed by atoms with Gasteiger partial charge in [-0.1, -0.05) is 6.92 Å². The highest BCUT2D eigenvalue weighted by molar-refractivity contribution is 7.09. The lowest BCUT2D eigenvalue weighted by atomic mass is 10.2. The van der Waals surface area contributed by atoms with E-state index in [1.54, 1.807) is 11.3 Å². The van der Waals surface area contributed by atoms with Crippen LogP contribution in [-0.4, -0.2) is 41.5 Å². The molecule has 0 radical (unpaired) electrons. The van der Waals surface area contributed by atoms with Gasteiger partial charge >= 0.3 is 0 Å². The first-order valence-electron chi connectivity index (χ1n) is 6.60. The summed E-state index contributed by atoms with van der Waals surface area (Å²) >= 11 is 1.59. The number of hydrogen-bond donors (Lipinski definition) is 1. The third kappa shape index (κ3) is 3.53. The molecule has 0 aliphatic carbocycles. The number of likely N-dealkylation sites (N-methyl/N-ethyl adjacent to an activating group) is 1. The van der Waals surface area contributed by atoms with Crippen molar-refractivity contribution in [2.24, 2.45) is 0 Å². The number of amides is 1. The average Bonchev–Trinajstić information content (AvgIpc) is 2.95. The van der Waals surface area contributed by atoms with Crippen LogP contribution < -0.4 is 5.32 Å². The van der Waals surface area contributed by atoms with E-state index in [0.29, 0.717) is 12.5 Å². The molecule has 1 fully saturated rings. The molecule has 0 aromatic carbocycles. The van der Waals surface area contributed by atoms with Crippen molar-refractivity contribution in [1.29, 1.82) is 0 Å². The van der Waals surface area contributed by atoms with E-state index in [1.165, 1.54) is 19.4 Å². The molecule has 2 rings (SSSR count). The molecule has 5 heteroatoms. The Kier molecular flexibility index (Phi) is 4.72. The standard InChI is InChI=1S/C13H21N3OS/c1-3-16-6-4-5-12(16)8-14-13(17)7-11-9-18-10(2)15-11/h9,12H,3-8H2,1-2H3,(H,14,17)/t12-/m0/s1. The number of carbonyl (C=O) groups is 1. The lowest BCUT2D eigenvalue weighted by molar-refractivity contribution is -0.120. The van der Waals surface area contributed by atoms with Crippen molar-refractivity contribution >= 4 is 17.2 Å². The van der Waals surface area contributed by atoms with Gasteiger partial charge in [-0.3, -0.25) is 9.69 Å². The van der Waals surface area contributed by atoms with Crippen LogP contribution in [0.3, 0.4) is 0 Å². The van der Waals surface area contributed by atoms with Gasteiger partial charge in [-0.15, -0.1) is 11.3 Å². The number of hydrogen-bond acceptors (Lipinski definition) is 4. The quantitative estimate of drug-likeness (QED) is 0.881. The first-order valence-corrected chi connectivity index (χ1v) is 7.48. The van der Waals surface area contributed by atoms with Gasteiger partial charge in [0.15, 0.2) is 0 Å². The maximum atomic E-state index is 11.8. The molecule has 0 saturated carbocycles. The van der Waals surface area contributed by atoms with E-state index >= 15 is 0 Å². The van der Waals surface area contributed by atoms with Crippen LogP contribution in [0, 0.1) is 6.92 Å². The van der Waals surface area contributed by atoms with Crippen molar-refractivity contribution in [1.82, 2.24) is 15.2 Å². The third-order valence-corrected chi connectivity index (χ3v) is 4.27. The molecule has 1 atom stereocenters. The average molecular weight is 267 g/mol. The minimum Gasteiger partial charge on any atom is -0.354 e. The van der Waals surface area contributed by atoms with E-state index < -0.39 is 0 Å². The Balaban J connectivity index is 1.74. The van der Waals surface area contributed by atoms with Crippen molar-refractivity contribution in [3.63, 3.8) is 0 Å². The van der Waals surface area contributed by atoms with Crippen LogP contribution in [0.15, 0.2) is 5.38 Å². The predicted molar refractivity (Wildman–Crippen MR) is 73.8 cm³/mol. The number of thiazole rings is 1. The molecular formula is C13H21N3OS. The smallest absolute Gasteiger partial charge is 0.226 e. The fourth-order valence-electron chi connectivity index (χ4n) is 2.49. The van der Waals surface area contributed by atoms with Gasteiger partial charge in [0.25, 0.3) is 0 Å². The zero-order valence-electron chi connectivity index (χ0n) is 11.1. The second kappa shape index (κ2) is 6.29. The van der Waals surface area contributed by atoms with Gasteiger partial charge in [0, 0.05) is 18.0 Å². The lowest BCUT2D eigenvalue weighted by Gasteiger charge is -2.22. The van der Waals surface area contributed by atoms with Crippen molar-refractivity contribution in [2.45, 2.75) is 39.2 Å². The van der Waals surface area contributed by atoms with Crippen molar-refractivity contribution < 1.29 is 4.79 Å². The van der Waals surface area contributed by atoms with E-state index in [0.717, 1.165) is 23.8 Å². The Morgan fingerprint density at radius 2 is 2.50 bits per heavy atom. The van der Waals surface area contributed by atoms with Gasteiger partial charge in [0.2, 0.25) is 5.91 Å². The van der Waals surface area contributed by atoms with Crippen LogP contribution >= 0.6 is 11.3 Å². The number of likely N-dealkylation sites (tertiary alicyclic amines) is 1. The van der Waals surface area contributed by atoms with Crippen LogP contribution in [0.2, 0.25) is 0 Å². The fraction of sp³-hybridized carbons (Fsp3) is 0.692. The van der Waals surface area contributed by atoms with Crippen LogP contribution in [0.4, 0.5) is 0 Å². The van der Waals surface area contributed by atoms with Crippen LogP contribution in [0.5, 0.6) is 0 Å². The molecule has 100 valence electrons. The molecule has 0 bridgehead atoms. The zero-order chi connectivity index (χ0) is 13.0. The Morgan fingerprint density at radius 3 is 3.17 bits per heavy atom. The van der Waals surface area contributed by atoms with Crippen LogP contribution in [0.25, 0.3) is 0 Å². The topological polar surface area (TPSA) is 45.2 Å². The molecular weight excluding hydrogens is 246 g/mol. The Morgan fingerprint density at radius 1 is 1.67 bits per heavy atom. The normalized spacial score (nSPS) is 20.2. The molecule has 1 N–H and O–H groups in total. The molecule has 4 nitrogen and oxygen atoms in total. The third-order valence-electron chi connectivity index (χ3n) is 3.45. The number of nitrogens with one attached hydrogen (secondary N) is 1. The summed E-state index contributed by atoms with van der Waals surface area (Å²) in [5, 5.41) is 6.01. The molecule has 1 aromatic rings. The monoisotopic (exact) mass is 267 g/mol. The maximum absolute atomic E-state index is 11.8. The number of carbonyl (C=O) groups excluding carboxylic acids is 1. The fourth-order valence-corrected chi connectivity index (χ4v) is 3.10. The van der Waals surface area contributed by atoms with E-state index in [4.69, 9.17) is 0 Å². The molecule has 18 heavy (non-hydrogen) atoms. The Bertz CT molecular complexity index is 405. The zero-order valence-corrected chi connectivity index (χ0v) is 11.9. The second-order valence-corrected chi connectivity index (χ2v) is 5.83. The highest BCUT2D eigenvalue weighted by atomic mass is 32.1.